The van der Waals surface area contributed by atoms with E-state index in [1.54, 1.807) is 23.5 Å². The number of aryl methyl sites for hydroxylation is 1. The fourth-order valence-corrected chi connectivity index (χ4v) is 2.68. The third-order valence-electron chi connectivity index (χ3n) is 3.05. The van der Waals surface area contributed by atoms with E-state index in [-0.39, 0.29) is 11.9 Å². The van der Waals surface area contributed by atoms with Crippen LogP contribution >= 0.6 is 11.3 Å². The Kier molecular flexibility index (Phi) is 5.09. The Morgan fingerprint density at radius 3 is 2.80 bits per heavy atom. The fraction of sp³-hybridized carbons (Fsp3) is 0.400. The molecule has 1 aromatic heterocycles. The van der Waals surface area contributed by atoms with Crippen molar-refractivity contribution >= 4 is 11.3 Å². The molecule has 0 spiro atoms. The van der Waals surface area contributed by atoms with Gasteiger partial charge in [0.25, 0.3) is 0 Å². The number of halogens is 1. The summed E-state index contributed by atoms with van der Waals surface area (Å²) >= 11 is 1.58. The van der Waals surface area contributed by atoms with Crippen molar-refractivity contribution in [1.29, 1.82) is 0 Å². The standard InChI is InChI=1S/C15H19FN2OS/c1-4-7-17-15(14-9-20-10(2)18-14)12-6-5-11(19-3)8-13(12)16/h5-6,8-9,15,17H,4,7H2,1-3H3. The van der Waals surface area contributed by atoms with E-state index in [4.69, 9.17) is 4.74 Å². The summed E-state index contributed by atoms with van der Waals surface area (Å²) < 4.78 is 19.3. The molecule has 0 aliphatic rings. The minimum atomic E-state index is -0.274. The van der Waals surface area contributed by atoms with E-state index in [2.05, 4.69) is 17.2 Å². The Labute approximate surface area is 122 Å². The lowest BCUT2D eigenvalue weighted by molar-refractivity contribution is 0.410. The van der Waals surface area contributed by atoms with E-state index in [1.807, 2.05) is 12.3 Å². The van der Waals surface area contributed by atoms with Crippen LogP contribution in [0.3, 0.4) is 0 Å². The topological polar surface area (TPSA) is 34.2 Å². The van der Waals surface area contributed by atoms with E-state index in [0.717, 1.165) is 23.7 Å². The van der Waals surface area contributed by atoms with E-state index in [1.165, 1.54) is 13.2 Å². The summed E-state index contributed by atoms with van der Waals surface area (Å²) in [5.74, 6) is 0.249. The molecule has 5 heteroatoms. The first-order valence-corrected chi connectivity index (χ1v) is 7.52. The molecule has 3 nitrogen and oxygen atoms in total. The molecule has 1 unspecified atom stereocenters. The molecule has 1 heterocycles. The van der Waals surface area contributed by atoms with Gasteiger partial charge in [0.1, 0.15) is 11.6 Å². The quantitative estimate of drug-likeness (QED) is 0.882. The van der Waals surface area contributed by atoms with Gasteiger partial charge in [-0.25, -0.2) is 9.37 Å². The molecule has 20 heavy (non-hydrogen) atoms. The van der Waals surface area contributed by atoms with Gasteiger partial charge in [-0.3, -0.25) is 0 Å². The molecule has 0 fully saturated rings. The maximum absolute atomic E-state index is 14.3. The second-order valence-corrected chi connectivity index (χ2v) is 5.63. The van der Waals surface area contributed by atoms with Gasteiger partial charge >= 0.3 is 0 Å². The van der Waals surface area contributed by atoms with Crippen LogP contribution in [-0.2, 0) is 0 Å². The number of hydrogen-bond acceptors (Lipinski definition) is 4. The third-order valence-corrected chi connectivity index (χ3v) is 3.84. The molecule has 0 saturated heterocycles. The average Bonchev–Trinajstić information content (AvgIpc) is 2.87. The van der Waals surface area contributed by atoms with E-state index >= 15 is 0 Å². The highest BCUT2D eigenvalue weighted by Crippen LogP contribution is 2.27. The summed E-state index contributed by atoms with van der Waals surface area (Å²) in [7, 11) is 1.53. The number of rotatable bonds is 6. The highest BCUT2D eigenvalue weighted by molar-refractivity contribution is 7.09. The van der Waals surface area contributed by atoms with E-state index in [0.29, 0.717) is 11.3 Å². The fourth-order valence-electron chi connectivity index (χ4n) is 2.04. The van der Waals surface area contributed by atoms with Crippen molar-refractivity contribution in [3.63, 3.8) is 0 Å². The molecule has 2 aromatic rings. The lowest BCUT2D eigenvalue weighted by Crippen LogP contribution is -2.24. The van der Waals surface area contributed by atoms with Gasteiger partial charge in [0.05, 0.1) is 23.9 Å². The van der Waals surface area contributed by atoms with Crippen molar-refractivity contribution in [2.24, 2.45) is 0 Å². The number of ether oxygens (including phenoxy) is 1. The van der Waals surface area contributed by atoms with Crippen molar-refractivity contribution in [1.82, 2.24) is 10.3 Å². The molecular weight excluding hydrogens is 275 g/mol. The number of methoxy groups -OCH3 is 1. The maximum atomic E-state index is 14.3. The van der Waals surface area contributed by atoms with Crippen molar-refractivity contribution in [2.75, 3.05) is 13.7 Å². The number of aromatic nitrogens is 1. The number of hydrogen-bond donors (Lipinski definition) is 1. The lowest BCUT2D eigenvalue weighted by atomic mass is 10.0. The first-order valence-electron chi connectivity index (χ1n) is 6.64. The normalized spacial score (nSPS) is 12.4. The maximum Gasteiger partial charge on any atom is 0.132 e. The minimum Gasteiger partial charge on any atom is -0.497 e. The Morgan fingerprint density at radius 1 is 1.45 bits per heavy atom. The summed E-state index contributed by atoms with van der Waals surface area (Å²) in [6.45, 7) is 4.85. The van der Waals surface area contributed by atoms with Crippen LogP contribution in [-0.4, -0.2) is 18.6 Å². The zero-order valence-electron chi connectivity index (χ0n) is 11.9. The highest BCUT2D eigenvalue weighted by Gasteiger charge is 2.20. The van der Waals surface area contributed by atoms with Gasteiger partial charge in [0.2, 0.25) is 0 Å². The zero-order chi connectivity index (χ0) is 14.5. The van der Waals surface area contributed by atoms with Crippen molar-refractivity contribution in [3.05, 3.63) is 45.7 Å². The van der Waals surface area contributed by atoms with E-state index in [9.17, 15) is 4.39 Å². The van der Waals surface area contributed by atoms with Crippen LogP contribution in [0, 0.1) is 12.7 Å². The van der Waals surface area contributed by atoms with Crippen molar-refractivity contribution in [2.45, 2.75) is 26.3 Å². The Morgan fingerprint density at radius 2 is 2.25 bits per heavy atom. The SMILES string of the molecule is CCCNC(c1csc(C)n1)c1ccc(OC)cc1F. The van der Waals surface area contributed by atoms with Crippen molar-refractivity contribution in [3.8, 4) is 5.75 Å². The van der Waals surface area contributed by atoms with Gasteiger partial charge < -0.3 is 10.1 Å². The predicted molar refractivity (Wildman–Crippen MR) is 79.9 cm³/mol. The summed E-state index contributed by atoms with van der Waals surface area (Å²) in [6, 6.07) is 4.73. The van der Waals surface area contributed by atoms with E-state index < -0.39 is 0 Å². The van der Waals surface area contributed by atoms with Crippen LogP contribution in [0.2, 0.25) is 0 Å². The van der Waals surface area contributed by atoms with Crippen LogP contribution in [0.1, 0.15) is 35.7 Å². The molecule has 0 radical (unpaired) electrons. The van der Waals surface area contributed by atoms with Gasteiger partial charge in [0, 0.05) is 17.0 Å². The van der Waals surface area contributed by atoms with Crippen LogP contribution in [0.15, 0.2) is 23.6 Å². The molecule has 0 bridgehead atoms. The van der Waals surface area contributed by atoms with Gasteiger partial charge in [-0.05, 0) is 26.0 Å². The zero-order valence-corrected chi connectivity index (χ0v) is 12.8. The van der Waals surface area contributed by atoms with Crippen molar-refractivity contribution < 1.29 is 9.13 Å². The summed E-state index contributed by atoms with van der Waals surface area (Å²) in [5, 5.41) is 6.32. The molecule has 0 saturated carbocycles. The van der Waals surface area contributed by atoms with Crippen LogP contribution in [0.4, 0.5) is 4.39 Å². The molecule has 108 valence electrons. The molecule has 1 atom stereocenters. The summed E-state index contributed by atoms with van der Waals surface area (Å²) in [4.78, 5) is 4.48. The predicted octanol–water partition coefficient (Wildman–Crippen LogP) is 3.69. The van der Waals surface area contributed by atoms with Gasteiger partial charge in [0.15, 0.2) is 0 Å². The van der Waals surface area contributed by atoms with Crippen LogP contribution in [0.5, 0.6) is 5.75 Å². The van der Waals surface area contributed by atoms with Gasteiger partial charge in [-0.15, -0.1) is 11.3 Å². The summed E-state index contributed by atoms with van der Waals surface area (Å²) in [5.41, 5.74) is 1.47. The number of benzene rings is 1. The van der Waals surface area contributed by atoms with Crippen LogP contribution in [0.25, 0.3) is 0 Å². The number of nitrogens with zero attached hydrogens (tertiary/aromatic N) is 1. The Balaban J connectivity index is 2.35. The third kappa shape index (κ3) is 3.35. The monoisotopic (exact) mass is 294 g/mol. The highest BCUT2D eigenvalue weighted by atomic mass is 32.1. The Bertz CT molecular complexity index is 571. The second kappa shape index (κ2) is 6.81. The second-order valence-electron chi connectivity index (χ2n) is 4.57. The molecule has 1 aromatic carbocycles. The molecule has 1 N–H and O–H groups in total. The summed E-state index contributed by atoms with van der Waals surface area (Å²) in [6.07, 6.45) is 0.984. The lowest BCUT2D eigenvalue weighted by Gasteiger charge is -2.18. The molecule has 2 rings (SSSR count). The smallest absolute Gasteiger partial charge is 0.132 e. The largest absolute Gasteiger partial charge is 0.497 e. The number of nitrogens with one attached hydrogen (secondary N) is 1. The molecule has 0 amide bonds. The Hall–Kier alpha value is -1.46. The molecule has 0 aliphatic heterocycles. The van der Waals surface area contributed by atoms with Gasteiger partial charge in [-0.1, -0.05) is 13.0 Å². The molecular formula is C15H19FN2OS. The minimum absolute atomic E-state index is 0.217. The first kappa shape index (κ1) is 14.9. The first-order chi connectivity index (χ1) is 9.65. The molecule has 0 aliphatic carbocycles. The van der Waals surface area contributed by atoms with Gasteiger partial charge in [-0.2, -0.15) is 0 Å². The average molecular weight is 294 g/mol. The number of thiazole rings is 1. The van der Waals surface area contributed by atoms with Crippen LogP contribution < -0.4 is 10.1 Å².